The van der Waals surface area contributed by atoms with Crippen molar-refractivity contribution >= 4 is 5.97 Å². The number of hydrogen-bond donors (Lipinski definition) is 0. The summed E-state index contributed by atoms with van der Waals surface area (Å²) in [4.78, 5) is 15.6. The van der Waals surface area contributed by atoms with Gasteiger partial charge in [0.05, 0.1) is 0 Å². The molecular formula is C19H30N2O2. The Bertz CT molecular complexity index is 400. The summed E-state index contributed by atoms with van der Waals surface area (Å²) in [6, 6.07) is 0. The highest BCUT2D eigenvalue weighted by Gasteiger charge is 2.11. The fourth-order valence-electron chi connectivity index (χ4n) is 2.06. The summed E-state index contributed by atoms with van der Waals surface area (Å²) < 4.78 is 4.88. The molecular weight excluding hydrogens is 288 g/mol. The Morgan fingerprint density at radius 3 is 2.00 bits per heavy atom. The zero-order valence-electron chi connectivity index (χ0n) is 14.2. The van der Waals surface area contributed by atoms with Crippen LogP contribution in [0.15, 0.2) is 62.9 Å². The van der Waals surface area contributed by atoms with Gasteiger partial charge in [-0.05, 0) is 19.0 Å². The monoisotopic (exact) mass is 318 g/mol. The number of carbonyl (C=O) groups excluding carboxylic acids is 1. The Hall–Kier alpha value is -2.07. The van der Waals surface area contributed by atoms with E-state index in [1.165, 1.54) is 32.0 Å². The van der Waals surface area contributed by atoms with Crippen molar-refractivity contribution in [2.45, 2.75) is 12.8 Å². The molecule has 1 aliphatic heterocycles. The lowest BCUT2D eigenvalue weighted by Gasteiger charge is -2.19. The third kappa shape index (κ3) is 10.3. The number of rotatable bonds is 10. The van der Waals surface area contributed by atoms with Crippen LogP contribution in [0.2, 0.25) is 0 Å². The van der Waals surface area contributed by atoms with Gasteiger partial charge >= 0.3 is 5.97 Å². The predicted molar refractivity (Wildman–Crippen MR) is 98.1 cm³/mol. The van der Waals surface area contributed by atoms with Crippen molar-refractivity contribution in [3.63, 3.8) is 0 Å². The van der Waals surface area contributed by atoms with Gasteiger partial charge in [0.2, 0.25) is 0 Å². The van der Waals surface area contributed by atoms with Crippen molar-refractivity contribution in [1.82, 2.24) is 9.80 Å². The molecule has 0 aromatic carbocycles. The number of nitrogens with zero attached hydrogens (tertiary/aromatic N) is 2. The van der Waals surface area contributed by atoms with E-state index in [9.17, 15) is 4.79 Å². The molecule has 0 aromatic heterocycles. The van der Waals surface area contributed by atoms with Crippen LogP contribution >= 0.6 is 0 Å². The first kappa shape index (κ1) is 20.9. The summed E-state index contributed by atoms with van der Waals surface area (Å²) in [6.07, 6.45) is 9.69. The average Bonchev–Trinajstić information content (AvgIpc) is 3.07. The number of esters is 1. The van der Waals surface area contributed by atoms with Crippen LogP contribution < -0.4 is 0 Å². The van der Waals surface area contributed by atoms with Crippen LogP contribution in [-0.2, 0) is 9.53 Å². The standard InChI is InChI=1S/C13H19NO2.C6H11N/c1-5-8-14(9-6-2)11-12(4)13(15)16-10-7-3;1-2-7-5-3-4-6-7/h5-7H,1-4,8-11H2;2H,1,3-6H2. The minimum Gasteiger partial charge on any atom is -0.458 e. The van der Waals surface area contributed by atoms with E-state index in [0.717, 1.165) is 0 Å². The van der Waals surface area contributed by atoms with Gasteiger partial charge < -0.3 is 9.64 Å². The molecule has 1 aliphatic rings. The maximum absolute atomic E-state index is 11.4. The molecule has 0 amide bonds. The second-order valence-corrected chi connectivity index (χ2v) is 5.19. The molecule has 1 saturated heterocycles. The molecule has 0 bridgehead atoms. The van der Waals surface area contributed by atoms with Gasteiger partial charge in [-0.2, -0.15) is 0 Å². The molecule has 0 N–H and O–H groups in total. The molecule has 4 nitrogen and oxygen atoms in total. The molecule has 23 heavy (non-hydrogen) atoms. The molecule has 0 aromatic rings. The van der Waals surface area contributed by atoms with Crippen molar-refractivity contribution < 1.29 is 9.53 Å². The Labute approximate surface area is 141 Å². The first-order valence-electron chi connectivity index (χ1n) is 7.85. The van der Waals surface area contributed by atoms with E-state index in [1.807, 2.05) is 11.1 Å². The lowest BCUT2D eigenvalue weighted by Crippen LogP contribution is -2.28. The van der Waals surface area contributed by atoms with Crippen LogP contribution in [0.1, 0.15) is 12.8 Å². The SMILES string of the molecule is C=CCOC(=O)C(=C)CN(CC=C)CC=C.C=CN1CCCC1. The summed E-state index contributed by atoms with van der Waals surface area (Å²) in [6.45, 7) is 22.6. The summed E-state index contributed by atoms with van der Waals surface area (Å²) >= 11 is 0. The smallest absolute Gasteiger partial charge is 0.335 e. The van der Waals surface area contributed by atoms with Gasteiger partial charge in [-0.15, -0.1) is 13.2 Å². The molecule has 0 spiro atoms. The van der Waals surface area contributed by atoms with E-state index in [4.69, 9.17) is 4.74 Å². The Morgan fingerprint density at radius 1 is 1.04 bits per heavy atom. The largest absolute Gasteiger partial charge is 0.458 e. The van der Waals surface area contributed by atoms with Crippen LogP contribution in [0.4, 0.5) is 0 Å². The fourth-order valence-corrected chi connectivity index (χ4v) is 2.06. The summed E-state index contributed by atoms with van der Waals surface area (Å²) in [5.74, 6) is -0.391. The Morgan fingerprint density at radius 2 is 1.61 bits per heavy atom. The maximum atomic E-state index is 11.4. The molecule has 4 heteroatoms. The van der Waals surface area contributed by atoms with Gasteiger partial charge in [-0.25, -0.2) is 4.79 Å². The van der Waals surface area contributed by atoms with Crippen LogP contribution in [0, 0.1) is 0 Å². The normalized spacial score (nSPS) is 12.8. The van der Waals surface area contributed by atoms with Gasteiger partial charge in [0, 0.05) is 38.3 Å². The van der Waals surface area contributed by atoms with Crippen LogP contribution in [-0.4, -0.2) is 55.1 Å². The molecule has 1 fully saturated rings. The summed E-state index contributed by atoms with van der Waals surface area (Å²) in [7, 11) is 0. The molecule has 0 saturated carbocycles. The van der Waals surface area contributed by atoms with Gasteiger partial charge in [-0.1, -0.05) is 38.0 Å². The quantitative estimate of drug-likeness (QED) is 0.352. The number of likely N-dealkylation sites (tertiary alicyclic amines) is 1. The first-order chi connectivity index (χ1) is 11.1. The zero-order valence-corrected chi connectivity index (χ0v) is 14.2. The fraction of sp³-hybridized carbons (Fsp3) is 0.421. The highest BCUT2D eigenvalue weighted by Crippen LogP contribution is 2.05. The minimum atomic E-state index is -0.391. The minimum absolute atomic E-state index is 0.209. The van der Waals surface area contributed by atoms with Gasteiger partial charge in [0.1, 0.15) is 6.61 Å². The average molecular weight is 318 g/mol. The van der Waals surface area contributed by atoms with E-state index in [1.54, 1.807) is 12.2 Å². The Balaban J connectivity index is 0.000000568. The first-order valence-corrected chi connectivity index (χ1v) is 7.85. The number of hydrogen-bond acceptors (Lipinski definition) is 4. The second-order valence-electron chi connectivity index (χ2n) is 5.19. The highest BCUT2D eigenvalue weighted by molar-refractivity contribution is 5.88. The van der Waals surface area contributed by atoms with Gasteiger partial charge in [0.25, 0.3) is 0 Å². The van der Waals surface area contributed by atoms with Crippen molar-refractivity contribution in [2.24, 2.45) is 0 Å². The van der Waals surface area contributed by atoms with Crippen molar-refractivity contribution in [1.29, 1.82) is 0 Å². The molecule has 128 valence electrons. The van der Waals surface area contributed by atoms with Gasteiger partial charge in [-0.3, -0.25) is 4.90 Å². The number of ether oxygens (including phenoxy) is 1. The van der Waals surface area contributed by atoms with Crippen molar-refractivity contribution in [3.8, 4) is 0 Å². The maximum Gasteiger partial charge on any atom is 0.335 e. The van der Waals surface area contributed by atoms with Crippen LogP contribution in [0.25, 0.3) is 0 Å². The van der Waals surface area contributed by atoms with Crippen LogP contribution in [0.3, 0.4) is 0 Å². The third-order valence-corrected chi connectivity index (χ3v) is 3.21. The third-order valence-electron chi connectivity index (χ3n) is 3.21. The predicted octanol–water partition coefficient (Wildman–Crippen LogP) is 3.17. The lowest BCUT2D eigenvalue weighted by atomic mass is 10.2. The molecule has 0 radical (unpaired) electrons. The summed E-state index contributed by atoms with van der Waals surface area (Å²) in [5.41, 5.74) is 0.422. The van der Waals surface area contributed by atoms with E-state index in [0.29, 0.717) is 25.2 Å². The van der Waals surface area contributed by atoms with Gasteiger partial charge in [0.15, 0.2) is 0 Å². The molecule has 0 atom stereocenters. The molecule has 0 unspecified atom stereocenters. The molecule has 1 heterocycles. The zero-order chi connectivity index (χ0) is 17.5. The molecule has 1 rings (SSSR count). The van der Waals surface area contributed by atoms with E-state index < -0.39 is 5.97 Å². The van der Waals surface area contributed by atoms with E-state index in [-0.39, 0.29) is 6.61 Å². The van der Waals surface area contributed by atoms with Crippen LogP contribution in [0.5, 0.6) is 0 Å². The lowest BCUT2D eigenvalue weighted by molar-refractivity contribution is -0.138. The van der Waals surface area contributed by atoms with Crippen molar-refractivity contribution in [3.05, 3.63) is 62.9 Å². The highest BCUT2D eigenvalue weighted by atomic mass is 16.5. The van der Waals surface area contributed by atoms with E-state index >= 15 is 0 Å². The van der Waals surface area contributed by atoms with E-state index in [2.05, 4.69) is 37.8 Å². The Kier molecular flexibility index (Phi) is 12.4. The molecule has 0 aliphatic carbocycles. The number of carbonyl (C=O) groups is 1. The topological polar surface area (TPSA) is 32.8 Å². The summed E-state index contributed by atoms with van der Waals surface area (Å²) in [5, 5.41) is 0. The second kappa shape index (κ2) is 13.6. The van der Waals surface area contributed by atoms with Crippen molar-refractivity contribution in [2.75, 3.05) is 39.3 Å².